The van der Waals surface area contributed by atoms with Crippen LogP contribution in [0.15, 0.2) is 29.2 Å². The van der Waals surface area contributed by atoms with Crippen LogP contribution in [0.3, 0.4) is 0 Å². The van der Waals surface area contributed by atoms with Crippen molar-refractivity contribution < 1.29 is 22.8 Å². The van der Waals surface area contributed by atoms with E-state index >= 15 is 0 Å². The summed E-state index contributed by atoms with van der Waals surface area (Å²) in [5, 5.41) is 4.09. The van der Waals surface area contributed by atoms with Gasteiger partial charge in [-0.3, -0.25) is 9.59 Å². The number of thioether (sulfide) groups is 2. The van der Waals surface area contributed by atoms with Gasteiger partial charge in [0.05, 0.1) is 10.5 Å². The quantitative estimate of drug-likeness (QED) is 0.323. The van der Waals surface area contributed by atoms with Crippen LogP contribution in [0, 0.1) is 5.92 Å². The number of hydrogen-bond donors (Lipinski definition) is 1. The summed E-state index contributed by atoms with van der Waals surface area (Å²) < 4.78 is 38.5. The second-order valence-corrected chi connectivity index (χ2v) is 12.7. The van der Waals surface area contributed by atoms with Gasteiger partial charge in [0.1, 0.15) is 0 Å². The van der Waals surface area contributed by atoms with Gasteiger partial charge in [0.2, 0.25) is 5.91 Å². The van der Waals surface area contributed by atoms with Crippen molar-refractivity contribution in [2.24, 2.45) is 5.92 Å². The molecule has 1 saturated heterocycles. The van der Waals surface area contributed by atoms with Gasteiger partial charge in [-0.1, -0.05) is 31.4 Å². The molecule has 2 aliphatic carbocycles. The molecule has 3 aliphatic rings. The predicted molar refractivity (Wildman–Crippen MR) is 142 cm³/mol. The van der Waals surface area contributed by atoms with E-state index in [2.05, 4.69) is 5.32 Å². The zero-order valence-corrected chi connectivity index (χ0v) is 22.3. The number of likely N-dealkylation sites (N-methyl/N-ethyl adjacent to an activating group) is 1. The zero-order valence-electron chi connectivity index (χ0n) is 20.7. The Hall–Kier alpha value is -1.61. The minimum atomic E-state index is -4.38. The minimum absolute atomic E-state index is 0.0152. The molecule has 36 heavy (non-hydrogen) atoms. The van der Waals surface area contributed by atoms with E-state index in [4.69, 9.17) is 0 Å². The SMILES string of the molecule is CN1C(=O)/C(=C/c2ccc(C(F)(F)F)cc2)SC2CCC(C(=O)NCCCSC3CCCCC3)CC21. The summed E-state index contributed by atoms with van der Waals surface area (Å²) in [6.45, 7) is 0.701. The Morgan fingerprint density at radius 3 is 2.56 bits per heavy atom. The molecule has 3 atom stereocenters. The van der Waals surface area contributed by atoms with Gasteiger partial charge in [-0.05, 0) is 68.0 Å². The first-order valence-electron chi connectivity index (χ1n) is 12.9. The van der Waals surface area contributed by atoms with Crippen LogP contribution in [-0.2, 0) is 15.8 Å². The minimum Gasteiger partial charge on any atom is -0.356 e. The molecule has 0 radical (unpaired) electrons. The van der Waals surface area contributed by atoms with Crippen LogP contribution < -0.4 is 5.32 Å². The fourth-order valence-electron chi connectivity index (χ4n) is 5.37. The average molecular weight is 541 g/mol. The highest BCUT2D eigenvalue weighted by molar-refractivity contribution is 8.04. The third-order valence-corrected chi connectivity index (χ3v) is 10.4. The number of nitrogens with one attached hydrogen (secondary N) is 1. The number of benzene rings is 1. The zero-order chi connectivity index (χ0) is 25.7. The van der Waals surface area contributed by atoms with E-state index < -0.39 is 11.7 Å². The Bertz CT molecular complexity index is 945. The lowest BCUT2D eigenvalue weighted by Gasteiger charge is -2.44. The molecule has 0 spiro atoms. The third kappa shape index (κ3) is 7.03. The van der Waals surface area contributed by atoms with Crippen molar-refractivity contribution in [1.82, 2.24) is 10.2 Å². The molecule has 1 aromatic rings. The van der Waals surface area contributed by atoms with E-state index in [0.29, 0.717) is 23.4 Å². The van der Waals surface area contributed by atoms with Gasteiger partial charge in [-0.15, -0.1) is 11.8 Å². The molecule has 2 saturated carbocycles. The number of carbonyl (C=O) groups excluding carboxylic acids is 2. The molecule has 2 amide bonds. The molecule has 9 heteroatoms. The van der Waals surface area contributed by atoms with Crippen molar-refractivity contribution in [2.45, 2.75) is 80.5 Å². The first kappa shape index (κ1) is 27.4. The van der Waals surface area contributed by atoms with E-state index in [1.807, 2.05) is 11.8 Å². The number of nitrogens with zero attached hydrogens (tertiary/aromatic N) is 1. The van der Waals surface area contributed by atoms with E-state index in [1.54, 1.807) is 18.0 Å². The highest BCUT2D eigenvalue weighted by Crippen LogP contribution is 2.43. The van der Waals surface area contributed by atoms with Crippen molar-refractivity contribution in [3.8, 4) is 0 Å². The fraction of sp³-hybridized carbons (Fsp3) is 0.630. The Morgan fingerprint density at radius 1 is 1.14 bits per heavy atom. The fourth-order valence-corrected chi connectivity index (χ4v) is 8.16. The molecule has 4 nitrogen and oxygen atoms in total. The summed E-state index contributed by atoms with van der Waals surface area (Å²) in [6.07, 6.45) is 7.25. The molecule has 4 rings (SSSR count). The summed E-state index contributed by atoms with van der Waals surface area (Å²) in [5.41, 5.74) is -0.135. The third-order valence-electron chi connectivity index (χ3n) is 7.49. The summed E-state index contributed by atoms with van der Waals surface area (Å²) in [4.78, 5) is 28.1. The van der Waals surface area contributed by atoms with Crippen molar-refractivity contribution in [1.29, 1.82) is 0 Å². The summed E-state index contributed by atoms with van der Waals surface area (Å²) in [7, 11) is 1.77. The molecule has 1 N–H and O–H groups in total. The topological polar surface area (TPSA) is 49.4 Å². The summed E-state index contributed by atoms with van der Waals surface area (Å²) in [6, 6.07) is 4.85. The average Bonchev–Trinajstić information content (AvgIpc) is 2.87. The van der Waals surface area contributed by atoms with Crippen LogP contribution in [0.25, 0.3) is 6.08 Å². The lowest BCUT2D eigenvalue weighted by molar-refractivity contribution is -0.137. The van der Waals surface area contributed by atoms with E-state index in [0.717, 1.165) is 42.4 Å². The molecule has 1 aliphatic heterocycles. The molecular weight excluding hydrogens is 505 g/mol. The van der Waals surface area contributed by atoms with Gasteiger partial charge < -0.3 is 10.2 Å². The molecular formula is C27H35F3N2O2S2. The van der Waals surface area contributed by atoms with Gasteiger partial charge in [0.15, 0.2) is 0 Å². The van der Waals surface area contributed by atoms with E-state index in [9.17, 15) is 22.8 Å². The normalized spacial score (nSPS) is 26.7. The molecule has 3 unspecified atom stereocenters. The Balaban J connectivity index is 1.26. The number of halogens is 3. The molecule has 0 bridgehead atoms. The van der Waals surface area contributed by atoms with Crippen LogP contribution >= 0.6 is 23.5 Å². The second kappa shape index (κ2) is 12.3. The van der Waals surface area contributed by atoms with Gasteiger partial charge in [0, 0.05) is 36.1 Å². The maximum Gasteiger partial charge on any atom is 0.416 e. The standard InChI is InChI=1S/C27H35F3N2O2S2/c1-32-22-17-19(25(33)31-14-5-15-35-21-6-3-2-4-7-21)10-13-23(22)36-24(26(32)34)16-18-8-11-20(12-9-18)27(28,29)30/h8-9,11-12,16,19,21-23H,2-7,10,13-15,17H2,1H3,(H,31,33)/b24-16-. The second-order valence-electron chi connectivity index (χ2n) is 10.1. The first-order chi connectivity index (χ1) is 17.2. The first-order valence-corrected chi connectivity index (χ1v) is 14.9. The van der Waals surface area contributed by atoms with E-state index in [1.165, 1.54) is 56.0 Å². The van der Waals surface area contributed by atoms with Crippen molar-refractivity contribution in [2.75, 3.05) is 19.3 Å². The monoisotopic (exact) mass is 540 g/mol. The lowest BCUT2D eigenvalue weighted by atomic mass is 9.83. The maximum atomic E-state index is 13.0. The molecule has 198 valence electrons. The van der Waals surface area contributed by atoms with Gasteiger partial charge in [-0.25, -0.2) is 0 Å². The van der Waals surface area contributed by atoms with Crippen molar-refractivity contribution in [3.63, 3.8) is 0 Å². The Labute approximate surface area is 220 Å². The van der Waals surface area contributed by atoms with Crippen LogP contribution in [-0.4, -0.2) is 52.6 Å². The largest absolute Gasteiger partial charge is 0.416 e. The molecule has 3 fully saturated rings. The smallest absolute Gasteiger partial charge is 0.356 e. The lowest BCUT2D eigenvalue weighted by Crippen LogP contribution is -2.52. The molecule has 1 aromatic carbocycles. The van der Waals surface area contributed by atoms with Crippen LogP contribution in [0.4, 0.5) is 13.2 Å². The van der Waals surface area contributed by atoms with Crippen LogP contribution in [0.2, 0.25) is 0 Å². The Kier molecular flexibility index (Phi) is 9.36. The van der Waals surface area contributed by atoms with E-state index in [-0.39, 0.29) is 29.0 Å². The number of hydrogen-bond acceptors (Lipinski definition) is 4. The number of rotatable bonds is 7. The maximum absolute atomic E-state index is 13.0. The Morgan fingerprint density at radius 2 is 1.86 bits per heavy atom. The van der Waals surface area contributed by atoms with Gasteiger partial charge >= 0.3 is 6.18 Å². The number of carbonyl (C=O) groups is 2. The summed E-state index contributed by atoms with van der Waals surface area (Å²) >= 11 is 3.55. The van der Waals surface area contributed by atoms with Crippen molar-refractivity contribution >= 4 is 41.4 Å². The predicted octanol–water partition coefficient (Wildman–Crippen LogP) is 6.36. The van der Waals surface area contributed by atoms with Crippen molar-refractivity contribution in [3.05, 3.63) is 40.3 Å². The van der Waals surface area contributed by atoms with Gasteiger partial charge in [-0.2, -0.15) is 24.9 Å². The van der Waals surface area contributed by atoms with Gasteiger partial charge in [0.25, 0.3) is 5.91 Å². The number of alkyl halides is 3. The van der Waals surface area contributed by atoms with Crippen LogP contribution in [0.5, 0.6) is 0 Å². The number of amides is 2. The highest BCUT2D eigenvalue weighted by Gasteiger charge is 2.42. The summed E-state index contributed by atoms with van der Waals surface area (Å²) in [5.74, 6) is 0.950. The number of fused-ring (bicyclic) bond motifs is 1. The van der Waals surface area contributed by atoms with Crippen LogP contribution in [0.1, 0.15) is 68.9 Å². The molecule has 1 heterocycles. The highest BCUT2D eigenvalue weighted by atomic mass is 32.2. The molecule has 0 aromatic heterocycles.